The summed E-state index contributed by atoms with van der Waals surface area (Å²) in [5.41, 5.74) is 8.43. The van der Waals surface area contributed by atoms with E-state index in [1.165, 1.54) is 22.5 Å². The molecule has 1 aromatic carbocycles. The van der Waals surface area contributed by atoms with Crippen molar-refractivity contribution in [3.8, 4) is 0 Å². The first kappa shape index (κ1) is 13.9. The number of benzene rings is 1. The monoisotopic (exact) mass is 302 g/mol. The van der Waals surface area contributed by atoms with Gasteiger partial charge in [0.25, 0.3) is 5.91 Å². The zero-order chi connectivity index (χ0) is 14.8. The number of nitrogens with two attached hydrogens (primary N) is 1. The highest BCUT2D eigenvalue weighted by atomic mass is 32.1. The van der Waals surface area contributed by atoms with Crippen molar-refractivity contribution in [2.24, 2.45) is 0 Å². The number of rotatable bonds is 3. The van der Waals surface area contributed by atoms with Gasteiger partial charge in [-0.15, -0.1) is 0 Å². The fourth-order valence-electron chi connectivity index (χ4n) is 2.52. The van der Waals surface area contributed by atoms with E-state index < -0.39 is 0 Å². The van der Waals surface area contributed by atoms with Gasteiger partial charge in [-0.25, -0.2) is 4.98 Å². The van der Waals surface area contributed by atoms with Gasteiger partial charge in [0.2, 0.25) is 0 Å². The molecule has 1 aliphatic heterocycles. The third kappa shape index (κ3) is 2.71. The number of nitrogen functional groups attached to an aromatic ring is 1. The van der Waals surface area contributed by atoms with E-state index in [1.54, 1.807) is 0 Å². The van der Waals surface area contributed by atoms with Gasteiger partial charge in [-0.2, -0.15) is 0 Å². The highest BCUT2D eigenvalue weighted by molar-refractivity contribution is 7.18. The molecule has 3 rings (SSSR count). The van der Waals surface area contributed by atoms with Crippen molar-refractivity contribution in [1.29, 1.82) is 0 Å². The lowest BCUT2D eigenvalue weighted by Crippen LogP contribution is -2.35. The van der Waals surface area contributed by atoms with E-state index in [1.807, 2.05) is 24.0 Å². The number of nitrogens with zero attached hydrogens (tertiary/aromatic N) is 2. The Morgan fingerprint density at radius 3 is 2.95 bits per heavy atom. The number of thiazole rings is 1. The van der Waals surface area contributed by atoms with E-state index in [-0.39, 0.29) is 5.91 Å². The van der Waals surface area contributed by atoms with Gasteiger partial charge in [0.15, 0.2) is 5.13 Å². The molecule has 0 bridgehead atoms. The molecule has 1 amide bonds. The second-order valence-corrected chi connectivity index (χ2v) is 6.01. The van der Waals surface area contributed by atoms with Crippen molar-refractivity contribution >= 4 is 28.2 Å². The molecule has 0 saturated heterocycles. The van der Waals surface area contributed by atoms with E-state index in [2.05, 4.69) is 22.4 Å². The Hall–Kier alpha value is -2.08. The summed E-state index contributed by atoms with van der Waals surface area (Å²) >= 11 is 1.33. The Balaban J connectivity index is 1.80. The SMILES string of the molecule is CCNc1nc(N)c(C(=O)N2CCc3ccccc3C2)s1. The molecular formula is C15H18N4OS. The number of anilines is 2. The van der Waals surface area contributed by atoms with Crippen LogP contribution in [0.3, 0.4) is 0 Å². The van der Waals surface area contributed by atoms with Crippen LogP contribution >= 0.6 is 11.3 Å². The molecule has 21 heavy (non-hydrogen) atoms. The molecule has 0 aliphatic carbocycles. The molecule has 110 valence electrons. The maximum Gasteiger partial charge on any atom is 0.268 e. The number of carbonyl (C=O) groups is 1. The highest BCUT2D eigenvalue weighted by Crippen LogP contribution is 2.28. The number of hydrogen-bond donors (Lipinski definition) is 2. The van der Waals surface area contributed by atoms with Gasteiger partial charge in [-0.3, -0.25) is 4.79 Å². The second kappa shape index (κ2) is 5.73. The van der Waals surface area contributed by atoms with Gasteiger partial charge in [0, 0.05) is 19.6 Å². The van der Waals surface area contributed by atoms with Crippen LogP contribution in [0.5, 0.6) is 0 Å². The first-order valence-electron chi connectivity index (χ1n) is 7.05. The summed E-state index contributed by atoms with van der Waals surface area (Å²) in [5, 5.41) is 3.80. The number of carbonyl (C=O) groups excluding carboxylic acids is 1. The van der Waals surface area contributed by atoms with Crippen LogP contribution in [0.2, 0.25) is 0 Å². The lowest BCUT2D eigenvalue weighted by Gasteiger charge is -2.28. The summed E-state index contributed by atoms with van der Waals surface area (Å²) in [5.74, 6) is 0.295. The topological polar surface area (TPSA) is 71.2 Å². The quantitative estimate of drug-likeness (QED) is 0.913. The van der Waals surface area contributed by atoms with Gasteiger partial charge in [0.1, 0.15) is 10.7 Å². The normalized spacial score (nSPS) is 13.9. The minimum absolute atomic E-state index is 0.0244. The lowest BCUT2D eigenvalue weighted by atomic mass is 10.00. The van der Waals surface area contributed by atoms with Gasteiger partial charge in [0.05, 0.1) is 0 Å². The Kier molecular flexibility index (Phi) is 3.79. The first-order valence-corrected chi connectivity index (χ1v) is 7.87. The molecule has 0 spiro atoms. The third-order valence-electron chi connectivity index (χ3n) is 3.59. The Morgan fingerprint density at radius 2 is 2.19 bits per heavy atom. The van der Waals surface area contributed by atoms with Crippen LogP contribution < -0.4 is 11.1 Å². The van der Waals surface area contributed by atoms with E-state index in [0.717, 1.165) is 19.5 Å². The summed E-state index contributed by atoms with van der Waals surface area (Å²) in [4.78, 5) is 19.2. The fraction of sp³-hybridized carbons (Fsp3) is 0.333. The van der Waals surface area contributed by atoms with Crippen LogP contribution in [0.4, 0.5) is 10.9 Å². The van der Waals surface area contributed by atoms with Gasteiger partial charge >= 0.3 is 0 Å². The van der Waals surface area contributed by atoms with E-state index in [0.29, 0.717) is 22.4 Å². The third-order valence-corrected chi connectivity index (χ3v) is 4.61. The molecule has 0 fully saturated rings. The van der Waals surface area contributed by atoms with Crippen LogP contribution in [0, 0.1) is 0 Å². The average molecular weight is 302 g/mol. The Morgan fingerprint density at radius 1 is 1.43 bits per heavy atom. The van der Waals surface area contributed by atoms with Crippen molar-refractivity contribution in [1.82, 2.24) is 9.88 Å². The van der Waals surface area contributed by atoms with Crippen LogP contribution in [0.25, 0.3) is 0 Å². The molecule has 0 unspecified atom stereocenters. The van der Waals surface area contributed by atoms with Crippen LogP contribution in [-0.2, 0) is 13.0 Å². The van der Waals surface area contributed by atoms with E-state index in [9.17, 15) is 4.79 Å². The standard InChI is InChI=1S/C15H18N4OS/c1-2-17-15-18-13(16)12(21-15)14(20)19-8-7-10-5-3-4-6-11(10)9-19/h3-6H,2,7-9,16H2,1H3,(H,17,18). The largest absolute Gasteiger partial charge is 0.382 e. The molecule has 2 aromatic rings. The smallest absolute Gasteiger partial charge is 0.268 e. The minimum Gasteiger partial charge on any atom is -0.382 e. The summed E-state index contributed by atoms with van der Waals surface area (Å²) in [7, 11) is 0. The van der Waals surface area contributed by atoms with Crippen molar-refractivity contribution in [3.05, 3.63) is 40.3 Å². The highest BCUT2D eigenvalue weighted by Gasteiger charge is 2.25. The number of aromatic nitrogens is 1. The van der Waals surface area contributed by atoms with E-state index in [4.69, 9.17) is 5.73 Å². The molecule has 5 nitrogen and oxygen atoms in total. The number of nitrogens with one attached hydrogen (secondary N) is 1. The maximum atomic E-state index is 12.6. The molecule has 1 aliphatic rings. The predicted octanol–water partition coefficient (Wildman–Crippen LogP) is 2.36. The van der Waals surface area contributed by atoms with Crippen molar-refractivity contribution in [2.45, 2.75) is 19.9 Å². The van der Waals surface area contributed by atoms with Crippen molar-refractivity contribution < 1.29 is 4.79 Å². The summed E-state index contributed by atoms with van der Waals surface area (Å²) < 4.78 is 0. The summed E-state index contributed by atoms with van der Waals surface area (Å²) in [6, 6.07) is 8.26. The first-order chi connectivity index (χ1) is 10.2. The molecular weight excluding hydrogens is 284 g/mol. The Labute approximate surface area is 127 Å². The zero-order valence-corrected chi connectivity index (χ0v) is 12.7. The molecule has 3 N–H and O–H groups in total. The fourth-order valence-corrected chi connectivity index (χ4v) is 3.45. The molecule has 2 heterocycles. The number of amides is 1. The molecule has 0 atom stereocenters. The summed E-state index contributed by atoms with van der Waals surface area (Å²) in [6.07, 6.45) is 0.890. The van der Waals surface area contributed by atoms with Crippen LogP contribution in [0.1, 0.15) is 27.7 Å². The molecule has 0 radical (unpaired) electrons. The van der Waals surface area contributed by atoms with E-state index >= 15 is 0 Å². The van der Waals surface area contributed by atoms with Gasteiger partial charge in [-0.05, 0) is 24.5 Å². The predicted molar refractivity (Wildman–Crippen MR) is 85.6 cm³/mol. The Bertz CT molecular complexity index is 667. The lowest BCUT2D eigenvalue weighted by molar-refractivity contribution is 0.0740. The molecule has 6 heteroatoms. The minimum atomic E-state index is -0.0244. The van der Waals surface area contributed by atoms with Gasteiger partial charge in [-0.1, -0.05) is 35.6 Å². The number of fused-ring (bicyclic) bond motifs is 1. The maximum absolute atomic E-state index is 12.6. The summed E-state index contributed by atoms with van der Waals surface area (Å²) in [6.45, 7) is 4.12. The average Bonchev–Trinajstić information content (AvgIpc) is 2.87. The zero-order valence-electron chi connectivity index (χ0n) is 11.9. The van der Waals surface area contributed by atoms with Crippen molar-refractivity contribution in [2.75, 3.05) is 24.1 Å². The van der Waals surface area contributed by atoms with Crippen LogP contribution in [-0.4, -0.2) is 28.9 Å². The molecule has 1 aromatic heterocycles. The van der Waals surface area contributed by atoms with Crippen molar-refractivity contribution in [3.63, 3.8) is 0 Å². The number of hydrogen-bond acceptors (Lipinski definition) is 5. The molecule has 0 saturated carbocycles. The van der Waals surface area contributed by atoms with Gasteiger partial charge < -0.3 is 16.0 Å². The van der Waals surface area contributed by atoms with Crippen LogP contribution in [0.15, 0.2) is 24.3 Å². The second-order valence-electron chi connectivity index (χ2n) is 5.01.